The Morgan fingerprint density at radius 1 is 1.36 bits per heavy atom. The van der Waals surface area contributed by atoms with Crippen molar-refractivity contribution in [3.05, 3.63) is 48.0 Å². The van der Waals surface area contributed by atoms with Gasteiger partial charge < -0.3 is 9.47 Å². The molecule has 1 heterocycles. The van der Waals surface area contributed by atoms with Gasteiger partial charge in [-0.1, -0.05) is 42.5 Å². The first-order chi connectivity index (χ1) is 6.95. The van der Waals surface area contributed by atoms with Gasteiger partial charge in [0.2, 0.25) is 0 Å². The van der Waals surface area contributed by atoms with Crippen molar-refractivity contribution in [2.24, 2.45) is 0 Å². The normalized spacial score (nSPS) is 20.1. The quantitative estimate of drug-likeness (QED) is 0.403. The Bertz CT molecular complexity index is 288. The molecular formula is C12H14O2. The van der Waals surface area contributed by atoms with Crippen molar-refractivity contribution in [2.45, 2.75) is 12.7 Å². The van der Waals surface area contributed by atoms with Crippen LogP contribution >= 0.6 is 0 Å². The summed E-state index contributed by atoms with van der Waals surface area (Å²) in [7, 11) is 0. The molecule has 1 aromatic rings. The zero-order chi connectivity index (χ0) is 9.64. The third-order valence-corrected chi connectivity index (χ3v) is 2.04. The number of benzene rings is 1. The zero-order valence-corrected chi connectivity index (χ0v) is 8.06. The lowest BCUT2D eigenvalue weighted by atomic mass is 10.2. The fourth-order valence-electron chi connectivity index (χ4n) is 1.19. The smallest absolute Gasteiger partial charge is 0.0991 e. The van der Waals surface area contributed by atoms with Gasteiger partial charge in [0.25, 0.3) is 0 Å². The molecule has 0 bridgehead atoms. The number of rotatable bonds is 5. The van der Waals surface area contributed by atoms with Gasteiger partial charge in [-0.05, 0) is 5.56 Å². The summed E-state index contributed by atoms with van der Waals surface area (Å²) in [5, 5.41) is 0. The van der Waals surface area contributed by atoms with Gasteiger partial charge in [0.1, 0.15) is 0 Å². The minimum absolute atomic E-state index is 0.357. The van der Waals surface area contributed by atoms with Crippen molar-refractivity contribution in [1.82, 2.24) is 0 Å². The Balaban J connectivity index is 1.62. The molecule has 74 valence electrons. The number of epoxide rings is 1. The van der Waals surface area contributed by atoms with E-state index in [1.165, 1.54) is 5.56 Å². The topological polar surface area (TPSA) is 21.8 Å². The third kappa shape index (κ3) is 3.32. The zero-order valence-electron chi connectivity index (χ0n) is 8.06. The molecule has 0 aliphatic carbocycles. The van der Waals surface area contributed by atoms with Crippen LogP contribution in [0.25, 0.3) is 0 Å². The van der Waals surface area contributed by atoms with Gasteiger partial charge in [-0.2, -0.15) is 0 Å². The van der Waals surface area contributed by atoms with Crippen LogP contribution in [-0.4, -0.2) is 19.3 Å². The van der Waals surface area contributed by atoms with E-state index >= 15 is 0 Å². The maximum absolute atomic E-state index is 5.46. The molecule has 1 aliphatic rings. The molecule has 2 nitrogen and oxygen atoms in total. The summed E-state index contributed by atoms with van der Waals surface area (Å²) < 4.78 is 10.5. The van der Waals surface area contributed by atoms with E-state index in [0.29, 0.717) is 19.3 Å². The van der Waals surface area contributed by atoms with Crippen LogP contribution < -0.4 is 0 Å². The Kier molecular flexibility index (Phi) is 3.33. The molecule has 1 atom stereocenters. The fraction of sp³-hybridized carbons (Fsp3) is 0.333. The van der Waals surface area contributed by atoms with E-state index in [9.17, 15) is 0 Å². The van der Waals surface area contributed by atoms with Crippen molar-refractivity contribution in [3.8, 4) is 0 Å². The van der Waals surface area contributed by atoms with Gasteiger partial charge >= 0.3 is 0 Å². The average molecular weight is 190 g/mol. The molecular weight excluding hydrogens is 176 g/mol. The molecule has 1 saturated heterocycles. The van der Waals surface area contributed by atoms with Crippen LogP contribution in [0.2, 0.25) is 0 Å². The maximum atomic E-state index is 5.46. The highest BCUT2D eigenvalue weighted by molar-refractivity contribution is 5.13. The fourth-order valence-corrected chi connectivity index (χ4v) is 1.19. The minimum atomic E-state index is 0.357. The van der Waals surface area contributed by atoms with E-state index in [1.54, 1.807) is 0 Å². The van der Waals surface area contributed by atoms with Crippen molar-refractivity contribution in [1.29, 1.82) is 0 Å². The van der Waals surface area contributed by atoms with Crippen molar-refractivity contribution in [3.63, 3.8) is 0 Å². The molecule has 2 rings (SSSR count). The molecule has 1 fully saturated rings. The monoisotopic (exact) mass is 190 g/mol. The number of hydrogen-bond donors (Lipinski definition) is 0. The summed E-state index contributed by atoms with van der Waals surface area (Å²) in [5.74, 6) is 0. The molecule has 0 radical (unpaired) electrons. The Labute approximate surface area is 84.2 Å². The van der Waals surface area contributed by atoms with Crippen molar-refractivity contribution in [2.75, 3.05) is 13.2 Å². The highest BCUT2D eigenvalue weighted by Crippen LogP contribution is 2.09. The molecule has 0 saturated carbocycles. The van der Waals surface area contributed by atoms with Crippen LogP contribution in [0.5, 0.6) is 0 Å². The summed E-state index contributed by atoms with van der Waals surface area (Å²) >= 11 is 0. The van der Waals surface area contributed by atoms with E-state index in [2.05, 4.69) is 12.1 Å². The Morgan fingerprint density at radius 3 is 2.86 bits per heavy atom. The molecule has 0 spiro atoms. The summed E-state index contributed by atoms with van der Waals surface area (Å²) in [6.45, 7) is 2.21. The van der Waals surface area contributed by atoms with Gasteiger partial charge in [-0.3, -0.25) is 0 Å². The molecule has 14 heavy (non-hydrogen) atoms. The van der Waals surface area contributed by atoms with Gasteiger partial charge in [0.05, 0.1) is 25.9 Å². The van der Waals surface area contributed by atoms with Crippen molar-refractivity contribution < 1.29 is 9.47 Å². The lowest BCUT2D eigenvalue weighted by Crippen LogP contribution is -1.92. The van der Waals surface area contributed by atoms with E-state index < -0.39 is 0 Å². The predicted molar refractivity (Wildman–Crippen MR) is 55.0 cm³/mol. The number of ether oxygens (including phenoxy) is 2. The van der Waals surface area contributed by atoms with Crippen LogP contribution in [0.3, 0.4) is 0 Å². The predicted octanol–water partition coefficient (Wildman–Crippen LogP) is 2.16. The molecule has 0 N–H and O–H groups in total. The average Bonchev–Trinajstić information content (AvgIpc) is 3.03. The van der Waals surface area contributed by atoms with Gasteiger partial charge in [0.15, 0.2) is 0 Å². The van der Waals surface area contributed by atoms with Gasteiger partial charge in [-0.25, -0.2) is 0 Å². The van der Waals surface area contributed by atoms with E-state index in [0.717, 1.165) is 6.61 Å². The highest BCUT2D eigenvalue weighted by atomic mass is 16.6. The summed E-state index contributed by atoms with van der Waals surface area (Å²) in [4.78, 5) is 0. The molecule has 0 amide bonds. The Hall–Kier alpha value is -1.12. The lowest BCUT2D eigenvalue weighted by Gasteiger charge is -2.00. The SMILES string of the molecule is C(=C\[C@H]1CO1)/COCc1ccccc1. The second-order valence-electron chi connectivity index (χ2n) is 3.30. The Morgan fingerprint density at radius 2 is 2.14 bits per heavy atom. The number of hydrogen-bond acceptors (Lipinski definition) is 2. The van der Waals surface area contributed by atoms with Gasteiger partial charge in [-0.15, -0.1) is 0 Å². The highest BCUT2D eigenvalue weighted by Gasteiger charge is 2.17. The van der Waals surface area contributed by atoms with Crippen LogP contribution in [0.4, 0.5) is 0 Å². The second kappa shape index (κ2) is 4.94. The third-order valence-electron chi connectivity index (χ3n) is 2.04. The first-order valence-electron chi connectivity index (χ1n) is 4.85. The minimum Gasteiger partial charge on any atom is -0.373 e. The van der Waals surface area contributed by atoms with E-state index in [4.69, 9.17) is 9.47 Å². The standard InChI is InChI=1S/C12H14O2/c1-2-5-11(6-3-1)9-13-8-4-7-12-10-14-12/h1-7,12H,8-10H2/b7-4+/t12-/m0/s1. The van der Waals surface area contributed by atoms with Crippen molar-refractivity contribution >= 4 is 0 Å². The largest absolute Gasteiger partial charge is 0.373 e. The molecule has 1 aliphatic heterocycles. The first-order valence-corrected chi connectivity index (χ1v) is 4.85. The lowest BCUT2D eigenvalue weighted by molar-refractivity contribution is 0.148. The van der Waals surface area contributed by atoms with Crippen LogP contribution in [-0.2, 0) is 16.1 Å². The summed E-state index contributed by atoms with van der Waals surface area (Å²) in [6, 6.07) is 10.2. The van der Waals surface area contributed by atoms with Crippen LogP contribution in [0.1, 0.15) is 5.56 Å². The van der Waals surface area contributed by atoms with Crippen LogP contribution in [0, 0.1) is 0 Å². The van der Waals surface area contributed by atoms with E-state index in [-0.39, 0.29) is 0 Å². The molecule has 2 heteroatoms. The summed E-state index contributed by atoms with van der Waals surface area (Å²) in [6.07, 6.45) is 4.42. The maximum Gasteiger partial charge on any atom is 0.0991 e. The van der Waals surface area contributed by atoms with Crippen LogP contribution in [0.15, 0.2) is 42.5 Å². The molecule has 0 aromatic heterocycles. The second-order valence-corrected chi connectivity index (χ2v) is 3.30. The molecule has 0 unspecified atom stereocenters. The molecule has 1 aromatic carbocycles. The van der Waals surface area contributed by atoms with Gasteiger partial charge in [0, 0.05) is 0 Å². The first kappa shape index (κ1) is 9.44. The van der Waals surface area contributed by atoms with E-state index in [1.807, 2.05) is 30.4 Å². The summed E-state index contributed by atoms with van der Waals surface area (Å²) in [5.41, 5.74) is 1.21.